The Labute approximate surface area is 194 Å². The molecule has 0 atom stereocenters. The highest BCUT2D eigenvalue weighted by Gasteiger charge is 2.32. The van der Waals surface area contributed by atoms with Crippen LogP contribution in [0, 0.1) is 0 Å². The number of ether oxygens (including phenoxy) is 2. The molecular formula is C24H29N3O5S. The Morgan fingerprint density at radius 3 is 2.45 bits per heavy atom. The van der Waals surface area contributed by atoms with Crippen molar-refractivity contribution < 1.29 is 22.7 Å². The van der Waals surface area contributed by atoms with Gasteiger partial charge in [0.2, 0.25) is 10.0 Å². The number of benzene rings is 1. The molecule has 0 unspecified atom stereocenters. The molecule has 1 aromatic carbocycles. The van der Waals surface area contributed by atoms with Gasteiger partial charge in [0.05, 0.1) is 30.0 Å². The van der Waals surface area contributed by atoms with Crippen molar-refractivity contribution in [1.29, 1.82) is 0 Å². The van der Waals surface area contributed by atoms with Crippen LogP contribution in [0.5, 0.6) is 11.5 Å². The first-order valence-electron chi connectivity index (χ1n) is 11.1. The monoisotopic (exact) mass is 471 g/mol. The van der Waals surface area contributed by atoms with Gasteiger partial charge >= 0.3 is 0 Å². The van der Waals surface area contributed by atoms with E-state index in [-0.39, 0.29) is 23.5 Å². The zero-order chi connectivity index (χ0) is 23.6. The fourth-order valence-corrected chi connectivity index (χ4v) is 5.90. The van der Waals surface area contributed by atoms with Crippen molar-refractivity contribution in [1.82, 2.24) is 13.9 Å². The van der Waals surface area contributed by atoms with Gasteiger partial charge < -0.3 is 18.8 Å². The number of carbonyl (C=O) groups is 1. The summed E-state index contributed by atoms with van der Waals surface area (Å²) >= 11 is 0. The lowest BCUT2D eigenvalue weighted by atomic mass is 9.90. The van der Waals surface area contributed by atoms with Gasteiger partial charge in [-0.3, -0.25) is 0 Å². The zero-order valence-electron chi connectivity index (χ0n) is 19.1. The number of pyridine rings is 1. The molecule has 0 aliphatic carbocycles. The Kier molecular flexibility index (Phi) is 6.71. The van der Waals surface area contributed by atoms with Crippen LogP contribution in [0.1, 0.15) is 38.2 Å². The molecule has 0 N–H and O–H groups in total. The second-order valence-corrected chi connectivity index (χ2v) is 10.4. The largest absolute Gasteiger partial charge is 0.496 e. The van der Waals surface area contributed by atoms with Gasteiger partial charge in [-0.25, -0.2) is 13.4 Å². The summed E-state index contributed by atoms with van der Waals surface area (Å²) in [4.78, 5) is 15.9. The van der Waals surface area contributed by atoms with Gasteiger partial charge in [0, 0.05) is 25.5 Å². The van der Waals surface area contributed by atoms with Crippen molar-refractivity contribution in [2.45, 2.75) is 50.2 Å². The third kappa shape index (κ3) is 4.60. The molecule has 1 aliphatic heterocycles. The minimum absolute atomic E-state index is 0.0257. The predicted molar refractivity (Wildman–Crippen MR) is 125 cm³/mol. The van der Waals surface area contributed by atoms with Crippen LogP contribution in [0.3, 0.4) is 0 Å². The molecule has 1 saturated heterocycles. The molecule has 4 rings (SSSR count). The fraction of sp³-hybridized carbons (Fsp3) is 0.417. The van der Waals surface area contributed by atoms with Crippen LogP contribution in [0.25, 0.3) is 11.0 Å². The van der Waals surface area contributed by atoms with Crippen molar-refractivity contribution in [3.05, 3.63) is 48.3 Å². The van der Waals surface area contributed by atoms with Crippen molar-refractivity contribution in [3.8, 4) is 11.5 Å². The van der Waals surface area contributed by atoms with Gasteiger partial charge in [0.25, 0.3) is 0 Å². The van der Waals surface area contributed by atoms with E-state index < -0.39 is 10.0 Å². The van der Waals surface area contributed by atoms with Gasteiger partial charge in [0.1, 0.15) is 23.4 Å². The number of hydrogen-bond donors (Lipinski definition) is 0. The average Bonchev–Trinajstić information content (AvgIpc) is 3.18. The van der Waals surface area contributed by atoms with Crippen LogP contribution >= 0.6 is 0 Å². The number of fused-ring (bicyclic) bond motifs is 1. The quantitative estimate of drug-likeness (QED) is 0.466. The summed E-state index contributed by atoms with van der Waals surface area (Å²) in [5, 5.41) is 0.892. The Bertz CT molecular complexity index is 1230. The highest BCUT2D eigenvalue weighted by Crippen LogP contribution is 2.39. The molecule has 33 heavy (non-hydrogen) atoms. The maximum absolute atomic E-state index is 13.2. The topological polar surface area (TPSA) is 90.7 Å². The molecular weight excluding hydrogens is 442 g/mol. The summed E-state index contributed by atoms with van der Waals surface area (Å²) < 4.78 is 40.9. The molecule has 3 aromatic rings. The van der Waals surface area contributed by atoms with Crippen molar-refractivity contribution >= 4 is 27.3 Å². The van der Waals surface area contributed by atoms with Gasteiger partial charge in [-0.05, 0) is 68.5 Å². The molecule has 9 heteroatoms. The Hall–Kier alpha value is -2.91. The molecule has 0 bridgehead atoms. The number of rotatable bonds is 8. The average molecular weight is 472 g/mol. The third-order valence-electron chi connectivity index (χ3n) is 5.97. The van der Waals surface area contributed by atoms with Gasteiger partial charge in [-0.15, -0.1) is 0 Å². The summed E-state index contributed by atoms with van der Waals surface area (Å²) in [7, 11) is -1.97. The summed E-state index contributed by atoms with van der Waals surface area (Å²) in [5.74, 6) is 1.50. The molecule has 0 amide bonds. The van der Waals surface area contributed by atoms with Crippen molar-refractivity contribution in [2.75, 3.05) is 20.2 Å². The van der Waals surface area contributed by atoms with Crippen LogP contribution < -0.4 is 9.47 Å². The van der Waals surface area contributed by atoms with E-state index >= 15 is 0 Å². The molecule has 3 heterocycles. The highest BCUT2D eigenvalue weighted by atomic mass is 32.2. The number of methoxy groups -OCH3 is 1. The first-order chi connectivity index (χ1) is 15.8. The Morgan fingerprint density at radius 1 is 1.15 bits per heavy atom. The molecule has 8 nitrogen and oxygen atoms in total. The van der Waals surface area contributed by atoms with E-state index in [1.807, 2.05) is 30.7 Å². The lowest BCUT2D eigenvalue weighted by molar-refractivity contribution is -0.108. The second-order valence-electron chi connectivity index (χ2n) is 8.43. The normalized spacial score (nSPS) is 15.8. The van der Waals surface area contributed by atoms with Crippen LogP contribution in [0.15, 0.2) is 47.6 Å². The summed E-state index contributed by atoms with van der Waals surface area (Å²) in [6.45, 7) is 4.90. The van der Waals surface area contributed by atoms with Gasteiger partial charge in [-0.1, -0.05) is 0 Å². The highest BCUT2D eigenvalue weighted by molar-refractivity contribution is 7.89. The van der Waals surface area contributed by atoms with E-state index in [1.54, 1.807) is 41.9 Å². The van der Waals surface area contributed by atoms with Crippen molar-refractivity contribution in [3.63, 3.8) is 0 Å². The molecule has 1 aliphatic rings. The minimum atomic E-state index is -3.58. The lowest BCUT2D eigenvalue weighted by Crippen LogP contribution is -2.37. The number of carbonyl (C=O) groups excluding carboxylic acids is 1. The van der Waals surface area contributed by atoms with Crippen LogP contribution in [-0.4, -0.2) is 54.9 Å². The third-order valence-corrected chi connectivity index (χ3v) is 7.88. The van der Waals surface area contributed by atoms with E-state index in [1.165, 1.54) is 0 Å². The van der Waals surface area contributed by atoms with E-state index in [4.69, 9.17) is 9.47 Å². The number of piperidine rings is 1. The molecule has 176 valence electrons. The molecule has 0 spiro atoms. The van der Waals surface area contributed by atoms with E-state index in [0.717, 1.165) is 17.2 Å². The molecule has 2 aromatic heterocycles. The van der Waals surface area contributed by atoms with Crippen LogP contribution in [0.4, 0.5) is 0 Å². The van der Waals surface area contributed by atoms with Crippen molar-refractivity contribution in [2.24, 2.45) is 0 Å². The lowest BCUT2D eigenvalue weighted by Gasteiger charge is -2.31. The Balaban J connectivity index is 1.54. The minimum Gasteiger partial charge on any atom is -0.496 e. The number of aldehydes is 1. The van der Waals surface area contributed by atoms with E-state index in [9.17, 15) is 13.2 Å². The molecule has 0 saturated carbocycles. The predicted octanol–water partition coefficient (Wildman–Crippen LogP) is 3.60. The molecule has 1 fully saturated rings. The van der Waals surface area contributed by atoms with E-state index in [0.29, 0.717) is 43.1 Å². The number of sulfonamides is 1. The number of hydrogen-bond acceptors (Lipinski definition) is 6. The molecule has 0 radical (unpaired) electrons. The first-order valence-corrected chi connectivity index (χ1v) is 12.5. The maximum atomic E-state index is 13.2. The van der Waals surface area contributed by atoms with Crippen LogP contribution in [-0.2, 0) is 21.4 Å². The zero-order valence-corrected chi connectivity index (χ0v) is 19.9. The maximum Gasteiger partial charge on any atom is 0.243 e. The van der Waals surface area contributed by atoms with Gasteiger partial charge in [0.15, 0.2) is 0 Å². The summed E-state index contributed by atoms with van der Waals surface area (Å²) in [6, 6.07) is 8.40. The summed E-state index contributed by atoms with van der Waals surface area (Å²) in [6.07, 6.45) is 5.84. The summed E-state index contributed by atoms with van der Waals surface area (Å²) in [5.41, 5.74) is 1.75. The number of aromatic nitrogens is 2. The smallest absolute Gasteiger partial charge is 0.243 e. The fourth-order valence-electron chi connectivity index (χ4n) is 4.43. The SMILES string of the molecule is COc1ccnc2c1c(C1CCN(S(=O)(=O)c3ccc(OC(C)C)cc3)CC1)cn2CC=O. The standard InChI is InChI=1S/C24H29N3O5S/c1-17(2)32-19-4-6-20(7-5-19)33(29,30)27-12-9-18(10-13-27)21-16-26(14-15-28)24-23(21)22(31-3)8-11-25-24/h4-8,11,15-18H,9-10,12-14H2,1-3H3. The number of nitrogens with zero attached hydrogens (tertiary/aromatic N) is 3. The first kappa shape index (κ1) is 23.3. The van der Waals surface area contributed by atoms with Crippen LogP contribution in [0.2, 0.25) is 0 Å². The van der Waals surface area contributed by atoms with Gasteiger partial charge in [-0.2, -0.15) is 4.31 Å². The second kappa shape index (κ2) is 9.52. The Morgan fingerprint density at radius 2 is 1.85 bits per heavy atom. The van der Waals surface area contributed by atoms with E-state index in [2.05, 4.69) is 4.98 Å².